The summed E-state index contributed by atoms with van der Waals surface area (Å²) in [6, 6.07) is 17.3. The number of piperidine rings is 1. The molecule has 23 nitrogen and oxygen atoms in total. The third-order valence-corrected chi connectivity index (χ3v) is 13.7. The number of carbonyl (C=O) groups excluding carboxylic acids is 6. The Morgan fingerprint density at radius 2 is 1.27 bits per heavy atom. The number of aromatic nitrogens is 2. The lowest BCUT2D eigenvalue weighted by molar-refractivity contribution is -0.136. The number of benzene rings is 4. The van der Waals surface area contributed by atoms with Crippen molar-refractivity contribution >= 4 is 56.3 Å². The first-order chi connectivity index (χ1) is 36.1. The normalized spacial score (nSPS) is 14.4. The van der Waals surface area contributed by atoms with E-state index in [1.807, 2.05) is 0 Å². The highest BCUT2D eigenvalue weighted by atomic mass is 32.2. The van der Waals surface area contributed by atoms with Gasteiger partial charge in [0.1, 0.15) is 29.0 Å². The topological polar surface area (TPSA) is 277 Å². The van der Waals surface area contributed by atoms with E-state index in [0.29, 0.717) is 99.4 Å². The van der Waals surface area contributed by atoms with Crippen molar-refractivity contribution in [3.05, 3.63) is 100.0 Å². The van der Waals surface area contributed by atoms with E-state index >= 15 is 0 Å². The Labute approximate surface area is 431 Å². The van der Waals surface area contributed by atoms with Crippen LogP contribution in [-0.2, 0) is 63.1 Å². The van der Waals surface area contributed by atoms with Crippen molar-refractivity contribution in [2.45, 2.75) is 42.4 Å². The molecule has 3 N–H and O–H groups in total. The number of methoxy groups -OCH3 is 2. The molecular weight excluding hydrogens is 1000 g/mol. The van der Waals surface area contributed by atoms with Crippen LogP contribution in [0, 0.1) is 0 Å². The lowest BCUT2D eigenvalue weighted by Gasteiger charge is -2.27. The van der Waals surface area contributed by atoms with Gasteiger partial charge in [-0.2, -0.15) is 0 Å². The van der Waals surface area contributed by atoms with E-state index in [4.69, 9.17) is 37.9 Å². The summed E-state index contributed by atoms with van der Waals surface area (Å²) in [6.07, 6.45) is 1.09. The summed E-state index contributed by atoms with van der Waals surface area (Å²) in [5.41, 5.74) is 1.11. The molecular formula is C51H58N6O17S. The number of nitrogens with zero attached hydrogens (tertiary/aromatic N) is 3. The monoisotopic (exact) mass is 1060 g/mol. The quantitative estimate of drug-likeness (QED) is 0.0480. The van der Waals surface area contributed by atoms with Gasteiger partial charge in [0.25, 0.3) is 23.6 Å². The molecule has 0 aliphatic carbocycles. The lowest BCUT2D eigenvalue weighted by atomic mass is 10.0. The van der Waals surface area contributed by atoms with Crippen LogP contribution in [0.15, 0.2) is 82.5 Å². The van der Waals surface area contributed by atoms with Gasteiger partial charge < -0.3 is 48.5 Å². The van der Waals surface area contributed by atoms with Gasteiger partial charge in [-0.05, 0) is 73.9 Å². The van der Waals surface area contributed by atoms with Crippen LogP contribution >= 0.6 is 0 Å². The van der Waals surface area contributed by atoms with Gasteiger partial charge in [0.2, 0.25) is 11.8 Å². The molecule has 2 aliphatic rings. The van der Waals surface area contributed by atoms with E-state index < -0.39 is 57.8 Å². The molecule has 1 saturated heterocycles. The maximum absolute atomic E-state index is 13.7. The van der Waals surface area contributed by atoms with E-state index in [1.165, 1.54) is 59.8 Å². The molecule has 0 bridgehead atoms. The van der Waals surface area contributed by atoms with E-state index in [2.05, 4.69) is 16.0 Å². The molecule has 24 heteroatoms. The molecule has 1 atom stereocenters. The zero-order valence-electron chi connectivity index (χ0n) is 41.8. The molecule has 75 heavy (non-hydrogen) atoms. The van der Waals surface area contributed by atoms with Crippen LogP contribution in [0.5, 0.6) is 34.5 Å². The summed E-state index contributed by atoms with van der Waals surface area (Å²) in [5.74, 6) is -2.17. The van der Waals surface area contributed by atoms with Crippen LogP contribution in [-0.4, -0.2) is 144 Å². The number of imide groups is 2. The Hall–Kier alpha value is -7.80. The molecule has 5 aromatic rings. The van der Waals surface area contributed by atoms with Crippen molar-refractivity contribution in [2.24, 2.45) is 14.1 Å². The molecule has 3 heterocycles. The van der Waals surface area contributed by atoms with Gasteiger partial charge >= 0.3 is 5.69 Å². The maximum atomic E-state index is 13.7. The summed E-state index contributed by atoms with van der Waals surface area (Å²) < 4.78 is 75.0. The van der Waals surface area contributed by atoms with Gasteiger partial charge in [0.15, 0.2) is 34.6 Å². The number of aryl methyl sites for hydroxylation is 2. The smallest absolute Gasteiger partial charge is 0.328 e. The van der Waals surface area contributed by atoms with Crippen LogP contribution in [0.3, 0.4) is 0 Å². The first-order valence-corrected chi connectivity index (χ1v) is 25.5. The maximum Gasteiger partial charge on any atom is 0.328 e. The third-order valence-electron chi connectivity index (χ3n) is 12.0. The van der Waals surface area contributed by atoms with Crippen molar-refractivity contribution < 1.29 is 75.1 Å². The second kappa shape index (κ2) is 25.4. The zero-order valence-corrected chi connectivity index (χ0v) is 42.6. The number of sulfone groups is 1. The fourth-order valence-electron chi connectivity index (χ4n) is 8.15. The Bertz CT molecular complexity index is 3100. The molecule has 2 aliphatic heterocycles. The zero-order chi connectivity index (χ0) is 53.6. The van der Waals surface area contributed by atoms with E-state index in [1.54, 1.807) is 50.5 Å². The highest BCUT2D eigenvalue weighted by Crippen LogP contribution is 2.36. The Morgan fingerprint density at radius 1 is 0.667 bits per heavy atom. The van der Waals surface area contributed by atoms with E-state index in [0.717, 1.165) is 4.90 Å². The Morgan fingerprint density at radius 3 is 1.89 bits per heavy atom. The molecule has 1 unspecified atom stereocenters. The lowest BCUT2D eigenvalue weighted by Crippen LogP contribution is -2.54. The van der Waals surface area contributed by atoms with Gasteiger partial charge in [0.05, 0.1) is 73.5 Å². The van der Waals surface area contributed by atoms with Crippen LogP contribution in [0.1, 0.15) is 52.0 Å². The number of hydrogen-bond donors (Lipinski definition) is 3. The largest absolute Gasteiger partial charge is 0.493 e. The summed E-state index contributed by atoms with van der Waals surface area (Å²) in [6.45, 7) is 2.13. The van der Waals surface area contributed by atoms with Crippen molar-refractivity contribution in [1.82, 2.24) is 30.0 Å². The number of imidazole rings is 1. The van der Waals surface area contributed by atoms with Gasteiger partial charge in [-0.15, -0.1) is 0 Å². The summed E-state index contributed by atoms with van der Waals surface area (Å²) in [4.78, 5) is 88.6. The average Bonchev–Trinajstić information content (AvgIpc) is 3.78. The second-order valence-electron chi connectivity index (χ2n) is 17.1. The molecule has 0 radical (unpaired) electrons. The first kappa shape index (κ1) is 55.0. The van der Waals surface area contributed by atoms with E-state index in [9.17, 15) is 42.0 Å². The number of carbonyl (C=O) groups is 6. The van der Waals surface area contributed by atoms with Crippen LogP contribution in [0.4, 0.5) is 0 Å². The fraction of sp³-hybridized carbons (Fsp3) is 0.392. The highest BCUT2D eigenvalue weighted by Gasteiger charge is 2.46. The number of amides is 6. The molecule has 7 rings (SSSR count). The Kier molecular flexibility index (Phi) is 18.6. The molecule has 6 amide bonds. The van der Waals surface area contributed by atoms with Crippen LogP contribution in [0.2, 0.25) is 0 Å². The number of ether oxygens (including phenoxy) is 8. The van der Waals surface area contributed by atoms with Crippen molar-refractivity contribution in [3.8, 4) is 34.5 Å². The van der Waals surface area contributed by atoms with Gasteiger partial charge in [-0.3, -0.25) is 48.1 Å². The van der Waals surface area contributed by atoms with Gasteiger partial charge in [-0.25, -0.2) is 13.2 Å². The minimum Gasteiger partial charge on any atom is -0.493 e. The number of hydrogen-bond acceptors (Lipinski definition) is 17. The minimum absolute atomic E-state index is 0.00474. The van der Waals surface area contributed by atoms with Crippen LogP contribution in [0.25, 0.3) is 11.0 Å². The van der Waals surface area contributed by atoms with Crippen molar-refractivity contribution in [3.63, 3.8) is 0 Å². The molecule has 1 aromatic heterocycles. The van der Waals surface area contributed by atoms with Gasteiger partial charge in [-0.1, -0.05) is 6.07 Å². The summed E-state index contributed by atoms with van der Waals surface area (Å²) >= 11 is 0. The SMILES string of the molecule is COc1ccc(S(=O)(=O)Cc2cc3c(cc2Oc2ccc(OCC(=O)NCCCOCCOCCOCCCNC(=O)COc4cccc5c4C(=O)N(C4CCC(=O)NC4=O)C5=O)cc2)n(C)c(=O)n3C)cc1OC. The third kappa shape index (κ3) is 13.7. The predicted molar refractivity (Wildman–Crippen MR) is 267 cm³/mol. The van der Waals surface area contributed by atoms with Crippen molar-refractivity contribution in [1.29, 1.82) is 0 Å². The minimum atomic E-state index is -3.94. The average molecular weight is 1060 g/mol. The van der Waals surface area contributed by atoms with Crippen LogP contribution < -0.4 is 45.3 Å². The highest BCUT2D eigenvalue weighted by molar-refractivity contribution is 7.90. The molecule has 0 spiro atoms. The van der Waals surface area contributed by atoms with Crippen molar-refractivity contribution in [2.75, 3.05) is 80.2 Å². The molecule has 1 fully saturated rings. The molecule has 0 saturated carbocycles. The second-order valence-corrected chi connectivity index (χ2v) is 19.1. The number of fused-ring (bicyclic) bond motifs is 2. The summed E-state index contributed by atoms with van der Waals surface area (Å²) in [5, 5.41) is 7.63. The standard InChI is InChI=1S/C51H58N6O17S/c1-55-38-26-32(31-75(65,66)35-14-16-40(67-3)43(27-35)68-4)42(28-39(38)56(2)51(55)64)74-34-12-10-33(11-13-34)72-29-45(59)52-18-6-20-69-22-24-71-25-23-70-21-7-19-53-46(60)30-73-41-9-5-8-36-47(41)50(63)57(49(36)62)37-15-17-44(58)54-48(37)61/h5,8-14,16,26-28,37H,6-7,15,17-25,29-31H2,1-4H3,(H,52,59)(H,53,60)(H,54,58,61). The predicted octanol–water partition coefficient (Wildman–Crippen LogP) is 2.58. The molecule has 4 aromatic carbocycles. The number of rotatable bonds is 28. The fourth-order valence-corrected chi connectivity index (χ4v) is 9.51. The van der Waals surface area contributed by atoms with Gasteiger partial charge in [0, 0.05) is 64.5 Å². The first-order valence-electron chi connectivity index (χ1n) is 23.9. The van der Waals surface area contributed by atoms with E-state index in [-0.39, 0.29) is 64.3 Å². The Balaban J connectivity index is 0.722. The summed E-state index contributed by atoms with van der Waals surface area (Å²) in [7, 11) is 2.15. The number of nitrogens with one attached hydrogen (secondary N) is 3. The molecule has 400 valence electrons.